The number of fused-ring (bicyclic) bond motifs is 1. The van der Waals surface area contributed by atoms with E-state index in [9.17, 15) is 4.79 Å². The number of hydrogen-bond acceptors (Lipinski definition) is 5. The summed E-state index contributed by atoms with van der Waals surface area (Å²) in [6.07, 6.45) is 3.02. The molecule has 0 unspecified atom stereocenters. The predicted molar refractivity (Wildman–Crippen MR) is 102 cm³/mol. The molecule has 1 aliphatic heterocycles. The summed E-state index contributed by atoms with van der Waals surface area (Å²) in [5.41, 5.74) is 2.82. The SMILES string of the molecule is Cc1ccc2oc(N3CCC(C(=O)Nc4ccc(Cl)cn4)CC3)nc2c1. The van der Waals surface area contributed by atoms with E-state index in [4.69, 9.17) is 16.0 Å². The molecule has 0 saturated carbocycles. The second-order valence-electron chi connectivity index (χ2n) is 6.58. The minimum Gasteiger partial charge on any atom is -0.423 e. The number of piperidine rings is 1. The fourth-order valence-electron chi connectivity index (χ4n) is 3.17. The maximum atomic E-state index is 12.4. The van der Waals surface area contributed by atoms with Crippen LogP contribution < -0.4 is 10.2 Å². The van der Waals surface area contributed by atoms with Gasteiger partial charge in [-0.3, -0.25) is 4.79 Å². The fraction of sp³-hybridized carbons (Fsp3) is 0.316. The summed E-state index contributed by atoms with van der Waals surface area (Å²) in [7, 11) is 0. The van der Waals surface area contributed by atoms with E-state index >= 15 is 0 Å². The van der Waals surface area contributed by atoms with E-state index in [0.717, 1.165) is 42.6 Å². The Labute approximate surface area is 156 Å². The normalized spacial score (nSPS) is 15.4. The minimum atomic E-state index is -0.0460. The van der Waals surface area contributed by atoms with Crippen molar-refractivity contribution < 1.29 is 9.21 Å². The number of carbonyl (C=O) groups excluding carboxylic acids is 1. The molecule has 0 radical (unpaired) electrons. The Balaban J connectivity index is 1.38. The summed E-state index contributed by atoms with van der Waals surface area (Å²) in [4.78, 5) is 23.2. The zero-order valence-electron chi connectivity index (χ0n) is 14.4. The zero-order chi connectivity index (χ0) is 18.1. The van der Waals surface area contributed by atoms with Crippen molar-refractivity contribution in [1.29, 1.82) is 0 Å². The third-order valence-corrected chi connectivity index (χ3v) is 4.87. The first kappa shape index (κ1) is 16.8. The van der Waals surface area contributed by atoms with Crippen molar-refractivity contribution in [3.63, 3.8) is 0 Å². The molecular formula is C19H19ClN4O2. The largest absolute Gasteiger partial charge is 0.423 e. The molecule has 1 saturated heterocycles. The molecule has 4 rings (SSSR count). The second-order valence-corrected chi connectivity index (χ2v) is 7.02. The van der Waals surface area contributed by atoms with E-state index in [-0.39, 0.29) is 11.8 Å². The average molecular weight is 371 g/mol. The Hall–Kier alpha value is -2.60. The van der Waals surface area contributed by atoms with E-state index in [1.165, 1.54) is 6.20 Å². The van der Waals surface area contributed by atoms with Crippen LogP contribution in [-0.2, 0) is 4.79 Å². The molecule has 3 heterocycles. The van der Waals surface area contributed by atoms with Crippen LogP contribution in [0.3, 0.4) is 0 Å². The van der Waals surface area contributed by atoms with Gasteiger partial charge in [0.1, 0.15) is 11.3 Å². The third kappa shape index (κ3) is 3.51. The predicted octanol–water partition coefficient (Wildman–Crippen LogP) is 4.04. The van der Waals surface area contributed by atoms with Crippen LogP contribution in [0.15, 0.2) is 40.9 Å². The molecule has 0 bridgehead atoms. The van der Waals surface area contributed by atoms with Crippen molar-refractivity contribution in [2.45, 2.75) is 19.8 Å². The van der Waals surface area contributed by atoms with Crippen LogP contribution in [0.2, 0.25) is 5.02 Å². The van der Waals surface area contributed by atoms with Gasteiger partial charge in [-0.05, 0) is 49.6 Å². The molecule has 3 aromatic rings. The number of anilines is 2. The molecule has 0 spiro atoms. The summed E-state index contributed by atoms with van der Waals surface area (Å²) in [5, 5.41) is 3.40. The molecule has 134 valence electrons. The first-order chi connectivity index (χ1) is 12.6. The molecule has 1 N–H and O–H groups in total. The number of nitrogens with zero attached hydrogens (tertiary/aromatic N) is 3. The Kier molecular flexibility index (Phi) is 4.51. The molecule has 1 aliphatic rings. The van der Waals surface area contributed by atoms with Crippen LogP contribution >= 0.6 is 11.6 Å². The minimum absolute atomic E-state index is 0.00679. The fourth-order valence-corrected chi connectivity index (χ4v) is 3.28. The maximum Gasteiger partial charge on any atom is 0.298 e. The first-order valence-electron chi connectivity index (χ1n) is 8.63. The van der Waals surface area contributed by atoms with E-state index in [1.807, 2.05) is 25.1 Å². The number of halogens is 1. The zero-order valence-corrected chi connectivity index (χ0v) is 15.2. The van der Waals surface area contributed by atoms with Gasteiger partial charge in [0.05, 0.1) is 5.02 Å². The lowest BCUT2D eigenvalue weighted by atomic mass is 9.96. The maximum absolute atomic E-state index is 12.4. The number of rotatable bonds is 3. The Morgan fingerprint density at radius 1 is 1.27 bits per heavy atom. The van der Waals surface area contributed by atoms with Crippen LogP contribution in [0.4, 0.5) is 11.8 Å². The van der Waals surface area contributed by atoms with E-state index in [0.29, 0.717) is 16.9 Å². The van der Waals surface area contributed by atoms with E-state index < -0.39 is 0 Å². The first-order valence-corrected chi connectivity index (χ1v) is 9.01. The number of amides is 1. The highest BCUT2D eigenvalue weighted by Crippen LogP contribution is 2.27. The number of hydrogen-bond donors (Lipinski definition) is 1. The van der Waals surface area contributed by atoms with Crippen molar-refractivity contribution >= 4 is 40.4 Å². The Bertz CT molecular complexity index is 930. The second kappa shape index (κ2) is 6.96. The molecule has 0 atom stereocenters. The summed E-state index contributed by atoms with van der Waals surface area (Å²) in [6, 6.07) is 10.0. The molecular weight excluding hydrogens is 352 g/mol. The van der Waals surface area contributed by atoms with E-state index in [2.05, 4.69) is 20.2 Å². The Morgan fingerprint density at radius 2 is 2.08 bits per heavy atom. The number of pyridine rings is 1. The third-order valence-electron chi connectivity index (χ3n) is 4.65. The molecule has 6 nitrogen and oxygen atoms in total. The number of benzene rings is 1. The Morgan fingerprint density at radius 3 is 2.81 bits per heavy atom. The molecule has 1 fully saturated rings. The number of carbonyl (C=O) groups is 1. The number of oxazole rings is 1. The molecule has 26 heavy (non-hydrogen) atoms. The lowest BCUT2D eigenvalue weighted by molar-refractivity contribution is -0.120. The molecule has 0 aliphatic carbocycles. The standard InChI is InChI=1S/C19H19ClN4O2/c1-12-2-4-16-15(10-12)22-19(26-16)24-8-6-13(7-9-24)18(25)23-17-5-3-14(20)11-21-17/h2-5,10-11,13H,6-9H2,1H3,(H,21,23,25). The van der Waals surface area contributed by atoms with Gasteiger partial charge in [0, 0.05) is 25.2 Å². The van der Waals surface area contributed by atoms with Crippen LogP contribution in [0.5, 0.6) is 0 Å². The van der Waals surface area contributed by atoms with Crippen molar-refractivity contribution in [2.75, 3.05) is 23.3 Å². The van der Waals surface area contributed by atoms with Crippen LogP contribution in [-0.4, -0.2) is 29.0 Å². The van der Waals surface area contributed by atoms with Gasteiger partial charge < -0.3 is 14.6 Å². The number of aryl methyl sites for hydroxylation is 1. The topological polar surface area (TPSA) is 71.3 Å². The van der Waals surface area contributed by atoms with E-state index in [1.54, 1.807) is 12.1 Å². The highest BCUT2D eigenvalue weighted by Gasteiger charge is 2.27. The quantitative estimate of drug-likeness (QED) is 0.753. The lowest BCUT2D eigenvalue weighted by Gasteiger charge is -2.29. The monoisotopic (exact) mass is 370 g/mol. The smallest absolute Gasteiger partial charge is 0.298 e. The van der Waals surface area contributed by atoms with Gasteiger partial charge in [-0.15, -0.1) is 0 Å². The molecule has 2 aromatic heterocycles. The van der Waals surface area contributed by atoms with Crippen LogP contribution in [0.1, 0.15) is 18.4 Å². The van der Waals surface area contributed by atoms with Crippen LogP contribution in [0.25, 0.3) is 11.1 Å². The van der Waals surface area contributed by atoms with Crippen LogP contribution in [0, 0.1) is 12.8 Å². The summed E-state index contributed by atoms with van der Waals surface area (Å²) in [6.45, 7) is 3.50. The van der Waals surface area contributed by atoms with Crippen molar-refractivity contribution in [3.05, 3.63) is 47.1 Å². The van der Waals surface area contributed by atoms with Gasteiger partial charge >= 0.3 is 0 Å². The van der Waals surface area contributed by atoms with Crippen molar-refractivity contribution in [3.8, 4) is 0 Å². The van der Waals surface area contributed by atoms with Crippen molar-refractivity contribution in [2.24, 2.45) is 5.92 Å². The molecule has 1 aromatic carbocycles. The molecule has 7 heteroatoms. The van der Waals surface area contributed by atoms with Gasteiger partial charge in [-0.1, -0.05) is 17.7 Å². The lowest BCUT2D eigenvalue weighted by Crippen LogP contribution is -2.38. The highest BCUT2D eigenvalue weighted by molar-refractivity contribution is 6.30. The molecule has 1 amide bonds. The van der Waals surface area contributed by atoms with Gasteiger partial charge in [-0.25, -0.2) is 4.98 Å². The summed E-state index contributed by atoms with van der Waals surface area (Å²) >= 11 is 5.81. The average Bonchev–Trinajstić information content (AvgIpc) is 3.07. The van der Waals surface area contributed by atoms with Gasteiger partial charge in [0.25, 0.3) is 6.01 Å². The number of aromatic nitrogens is 2. The van der Waals surface area contributed by atoms with Crippen molar-refractivity contribution in [1.82, 2.24) is 9.97 Å². The number of nitrogens with one attached hydrogen (secondary N) is 1. The van der Waals surface area contributed by atoms with Gasteiger partial charge in [-0.2, -0.15) is 4.98 Å². The highest BCUT2D eigenvalue weighted by atomic mass is 35.5. The van der Waals surface area contributed by atoms with Gasteiger partial charge in [0.2, 0.25) is 5.91 Å². The summed E-state index contributed by atoms with van der Waals surface area (Å²) in [5.74, 6) is 0.471. The summed E-state index contributed by atoms with van der Waals surface area (Å²) < 4.78 is 5.86. The van der Waals surface area contributed by atoms with Gasteiger partial charge in [0.15, 0.2) is 5.58 Å².